The van der Waals surface area contributed by atoms with E-state index in [0.717, 1.165) is 34.5 Å². The monoisotopic (exact) mass is 357 g/mol. The van der Waals surface area contributed by atoms with Crippen molar-refractivity contribution in [1.29, 1.82) is 0 Å². The van der Waals surface area contributed by atoms with Crippen LogP contribution in [0.1, 0.15) is 17.7 Å². The standard InChI is InChI=1S/C19H20ClN3S/c1-14-18(21-9-7-19(14)24-10-4-8-20)13-22-16-11-15-5-2-3-6-17(15)23-12-16/h2-3,5-7,9,11-12,22H,4,8,10,13H2,1H3. The third-order valence-corrected chi connectivity index (χ3v) is 5.36. The lowest BCUT2D eigenvalue weighted by atomic mass is 10.2. The minimum absolute atomic E-state index is 0.690. The number of nitrogens with one attached hydrogen (secondary N) is 1. The molecule has 0 aliphatic heterocycles. The number of nitrogens with zero attached hydrogens (tertiary/aromatic N) is 2. The number of para-hydroxylation sites is 1. The van der Waals surface area contributed by atoms with E-state index < -0.39 is 0 Å². The molecule has 0 radical (unpaired) electrons. The summed E-state index contributed by atoms with van der Waals surface area (Å²) in [6.07, 6.45) is 4.77. The molecule has 0 aliphatic rings. The van der Waals surface area contributed by atoms with E-state index in [1.807, 2.05) is 42.4 Å². The molecule has 3 rings (SSSR count). The van der Waals surface area contributed by atoms with Crippen LogP contribution < -0.4 is 5.32 Å². The van der Waals surface area contributed by atoms with E-state index in [2.05, 4.69) is 40.4 Å². The summed E-state index contributed by atoms with van der Waals surface area (Å²) in [4.78, 5) is 10.3. The third kappa shape index (κ3) is 4.19. The van der Waals surface area contributed by atoms with Gasteiger partial charge >= 0.3 is 0 Å². The minimum atomic E-state index is 0.690. The highest BCUT2D eigenvalue weighted by molar-refractivity contribution is 7.99. The fourth-order valence-corrected chi connectivity index (χ4v) is 3.78. The number of hydrogen-bond donors (Lipinski definition) is 1. The zero-order valence-corrected chi connectivity index (χ0v) is 15.2. The van der Waals surface area contributed by atoms with Crippen molar-refractivity contribution in [3.8, 4) is 0 Å². The minimum Gasteiger partial charge on any atom is -0.378 e. The fourth-order valence-electron chi connectivity index (χ4n) is 2.48. The summed E-state index contributed by atoms with van der Waals surface area (Å²) >= 11 is 7.60. The number of pyridine rings is 2. The molecule has 124 valence electrons. The molecule has 0 atom stereocenters. The summed E-state index contributed by atoms with van der Waals surface area (Å²) in [5, 5.41) is 4.57. The van der Waals surface area contributed by atoms with Crippen LogP contribution in [0.3, 0.4) is 0 Å². The quantitative estimate of drug-likeness (QED) is 0.355. The van der Waals surface area contributed by atoms with Gasteiger partial charge in [0.25, 0.3) is 0 Å². The summed E-state index contributed by atoms with van der Waals surface area (Å²) in [5.41, 5.74) is 4.32. The molecule has 1 N–H and O–H groups in total. The first-order chi connectivity index (χ1) is 11.8. The molecule has 2 heterocycles. The van der Waals surface area contributed by atoms with E-state index in [-0.39, 0.29) is 0 Å². The highest BCUT2D eigenvalue weighted by Crippen LogP contribution is 2.25. The van der Waals surface area contributed by atoms with Gasteiger partial charge in [0.2, 0.25) is 0 Å². The van der Waals surface area contributed by atoms with Crippen LogP contribution in [-0.4, -0.2) is 21.6 Å². The molecule has 0 saturated heterocycles. The maximum Gasteiger partial charge on any atom is 0.0703 e. The Morgan fingerprint density at radius 1 is 1.17 bits per heavy atom. The number of hydrogen-bond acceptors (Lipinski definition) is 4. The van der Waals surface area contributed by atoms with Crippen LogP contribution in [0.2, 0.25) is 0 Å². The SMILES string of the molecule is Cc1c(SCCCCl)ccnc1CNc1cnc2ccccc2c1. The van der Waals surface area contributed by atoms with Gasteiger partial charge in [-0.15, -0.1) is 23.4 Å². The first kappa shape index (κ1) is 17.1. The molecule has 0 unspecified atom stereocenters. The van der Waals surface area contributed by atoms with E-state index in [1.165, 1.54) is 10.5 Å². The van der Waals surface area contributed by atoms with Crippen LogP contribution in [0, 0.1) is 6.92 Å². The average molecular weight is 358 g/mol. The first-order valence-corrected chi connectivity index (χ1v) is 9.52. The number of benzene rings is 1. The molecule has 0 bridgehead atoms. The molecule has 0 aliphatic carbocycles. The van der Waals surface area contributed by atoms with Crippen molar-refractivity contribution in [3.63, 3.8) is 0 Å². The maximum absolute atomic E-state index is 5.76. The normalized spacial score (nSPS) is 10.9. The molecule has 1 aromatic carbocycles. The fraction of sp³-hybridized carbons (Fsp3) is 0.263. The van der Waals surface area contributed by atoms with Gasteiger partial charge in [0, 0.05) is 22.4 Å². The highest BCUT2D eigenvalue weighted by atomic mass is 35.5. The van der Waals surface area contributed by atoms with Crippen LogP contribution in [0.15, 0.2) is 53.7 Å². The Bertz CT molecular complexity index is 823. The van der Waals surface area contributed by atoms with Crippen molar-refractivity contribution in [2.45, 2.75) is 24.8 Å². The van der Waals surface area contributed by atoms with Crippen LogP contribution in [0.25, 0.3) is 10.9 Å². The molecule has 0 amide bonds. The van der Waals surface area contributed by atoms with E-state index in [4.69, 9.17) is 11.6 Å². The lowest BCUT2D eigenvalue weighted by molar-refractivity contribution is 0.988. The number of rotatable bonds is 7. The number of anilines is 1. The Kier molecular flexibility index (Phi) is 5.94. The number of alkyl halides is 1. The Balaban J connectivity index is 1.70. The summed E-state index contributed by atoms with van der Waals surface area (Å²) in [7, 11) is 0. The van der Waals surface area contributed by atoms with Crippen LogP contribution in [0.4, 0.5) is 5.69 Å². The van der Waals surface area contributed by atoms with Crippen LogP contribution in [-0.2, 0) is 6.54 Å². The zero-order chi connectivity index (χ0) is 16.8. The smallest absolute Gasteiger partial charge is 0.0703 e. The number of fused-ring (bicyclic) bond motifs is 1. The molecule has 0 spiro atoms. The molecule has 5 heteroatoms. The Morgan fingerprint density at radius 3 is 2.92 bits per heavy atom. The van der Waals surface area contributed by atoms with Gasteiger partial charge in [-0.05, 0) is 42.9 Å². The van der Waals surface area contributed by atoms with Crippen molar-refractivity contribution in [1.82, 2.24) is 9.97 Å². The van der Waals surface area contributed by atoms with E-state index in [1.54, 1.807) is 0 Å². The molecular formula is C19H20ClN3S. The van der Waals surface area contributed by atoms with Gasteiger partial charge < -0.3 is 5.32 Å². The van der Waals surface area contributed by atoms with Gasteiger partial charge in [-0.2, -0.15) is 0 Å². The highest BCUT2D eigenvalue weighted by Gasteiger charge is 2.06. The van der Waals surface area contributed by atoms with Gasteiger partial charge in [0.05, 0.1) is 29.6 Å². The second kappa shape index (κ2) is 8.36. The molecular weight excluding hydrogens is 338 g/mol. The topological polar surface area (TPSA) is 37.8 Å². The summed E-state index contributed by atoms with van der Waals surface area (Å²) < 4.78 is 0. The second-order valence-corrected chi connectivity index (χ2v) is 7.06. The lowest BCUT2D eigenvalue weighted by Gasteiger charge is -2.12. The van der Waals surface area contributed by atoms with Gasteiger partial charge in [-0.1, -0.05) is 18.2 Å². The summed E-state index contributed by atoms with van der Waals surface area (Å²) in [5.74, 6) is 1.75. The molecule has 24 heavy (non-hydrogen) atoms. The van der Waals surface area contributed by atoms with Gasteiger partial charge in [0.1, 0.15) is 0 Å². The molecule has 3 nitrogen and oxygen atoms in total. The van der Waals surface area contributed by atoms with Gasteiger partial charge in [0.15, 0.2) is 0 Å². The Hall–Kier alpha value is -1.78. The molecule has 0 fully saturated rings. The van der Waals surface area contributed by atoms with Crippen molar-refractivity contribution in [3.05, 3.63) is 60.0 Å². The second-order valence-electron chi connectivity index (χ2n) is 5.54. The van der Waals surface area contributed by atoms with Gasteiger partial charge in [-0.25, -0.2) is 0 Å². The summed E-state index contributed by atoms with van der Waals surface area (Å²) in [6, 6.07) is 12.3. The van der Waals surface area contributed by atoms with E-state index >= 15 is 0 Å². The lowest BCUT2D eigenvalue weighted by Crippen LogP contribution is -2.05. The average Bonchev–Trinajstić information content (AvgIpc) is 2.62. The third-order valence-electron chi connectivity index (χ3n) is 3.84. The van der Waals surface area contributed by atoms with Crippen molar-refractivity contribution >= 4 is 40.0 Å². The predicted octanol–water partition coefficient (Wildman–Crippen LogP) is 5.27. The maximum atomic E-state index is 5.76. The number of thioether (sulfide) groups is 1. The predicted molar refractivity (Wildman–Crippen MR) is 104 cm³/mol. The van der Waals surface area contributed by atoms with Gasteiger partial charge in [-0.3, -0.25) is 9.97 Å². The first-order valence-electron chi connectivity index (χ1n) is 8.00. The van der Waals surface area contributed by atoms with E-state index in [0.29, 0.717) is 12.4 Å². The Morgan fingerprint density at radius 2 is 2.04 bits per heavy atom. The largest absolute Gasteiger partial charge is 0.378 e. The number of aromatic nitrogens is 2. The number of halogens is 1. The molecule has 0 saturated carbocycles. The van der Waals surface area contributed by atoms with Crippen LogP contribution >= 0.6 is 23.4 Å². The van der Waals surface area contributed by atoms with Crippen LogP contribution in [0.5, 0.6) is 0 Å². The Labute approximate surface area is 151 Å². The van der Waals surface area contributed by atoms with Crippen molar-refractivity contribution in [2.24, 2.45) is 0 Å². The molecule has 3 aromatic rings. The summed E-state index contributed by atoms with van der Waals surface area (Å²) in [6.45, 7) is 2.82. The van der Waals surface area contributed by atoms with E-state index in [9.17, 15) is 0 Å². The van der Waals surface area contributed by atoms with Crippen molar-refractivity contribution in [2.75, 3.05) is 16.9 Å². The molecule has 2 aromatic heterocycles. The van der Waals surface area contributed by atoms with Crippen molar-refractivity contribution < 1.29 is 0 Å². The zero-order valence-electron chi connectivity index (χ0n) is 13.6.